The first kappa shape index (κ1) is 25.2. The van der Waals surface area contributed by atoms with Crippen molar-refractivity contribution in [3.63, 3.8) is 0 Å². The highest BCUT2D eigenvalue weighted by Crippen LogP contribution is 2.28. The maximum atomic E-state index is 5.69. The van der Waals surface area contributed by atoms with Gasteiger partial charge < -0.3 is 20.1 Å². The molecule has 0 radical (unpaired) electrons. The summed E-state index contributed by atoms with van der Waals surface area (Å²) in [7, 11) is 0. The molecule has 0 saturated heterocycles. The number of nitrogens with zero attached hydrogens (tertiary/aromatic N) is 1. The first-order chi connectivity index (χ1) is 12.1. The molecule has 0 fully saturated rings. The number of halogens is 1. The largest absolute Gasteiger partial charge is 0.490 e. The summed E-state index contributed by atoms with van der Waals surface area (Å²) >= 11 is 1.83. The van der Waals surface area contributed by atoms with Gasteiger partial charge in [0.2, 0.25) is 0 Å². The molecule has 0 spiro atoms. The number of aliphatic imine (C=N–C) groups is 1. The minimum atomic E-state index is 0. The Labute approximate surface area is 180 Å². The second kappa shape index (κ2) is 15.2. The van der Waals surface area contributed by atoms with Crippen molar-refractivity contribution in [2.45, 2.75) is 39.4 Å². The highest BCUT2D eigenvalue weighted by atomic mass is 127. The second-order valence-corrected chi connectivity index (χ2v) is 6.87. The third-order valence-electron chi connectivity index (χ3n) is 3.57. The Morgan fingerprint density at radius 2 is 1.81 bits per heavy atom. The van der Waals surface area contributed by atoms with Crippen LogP contribution in [0, 0.1) is 0 Å². The minimum absolute atomic E-state index is 0. The van der Waals surface area contributed by atoms with E-state index in [1.807, 2.05) is 31.7 Å². The molecule has 0 amide bonds. The molecule has 1 rings (SSSR count). The van der Waals surface area contributed by atoms with Crippen molar-refractivity contribution in [3.05, 3.63) is 23.8 Å². The maximum absolute atomic E-state index is 5.69. The fourth-order valence-corrected chi connectivity index (χ4v) is 2.44. The van der Waals surface area contributed by atoms with Gasteiger partial charge in [0.15, 0.2) is 17.5 Å². The molecular formula is C19H34IN3O2S. The highest BCUT2D eigenvalue weighted by molar-refractivity contribution is 14.0. The first-order valence-corrected chi connectivity index (χ1v) is 10.4. The van der Waals surface area contributed by atoms with Gasteiger partial charge in [0.1, 0.15) is 0 Å². The van der Waals surface area contributed by atoms with E-state index >= 15 is 0 Å². The Morgan fingerprint density at radius 3 is 2.42 bits per heavy atom. The van der Waals surface area contributed by atoms with E-state index in [0.29, 0.717) is 18.5 Å². The number of hydrogen-bond acceptors (Lipinski definition) is 4. The molecule has 1 unspecified atom stereocenters. The average molecular weight is 495 g/mol. The summed E-state index contributed by atoms with van der Waals surface area (Å²) in [6.45, 7) is 12.0. The molecule has 0 heterocycles. The van der Waals surface area contributed by atoms with E-state index < -0.39 is 0 Å². The van der Waals surface area contributed by atoms with Gasteiger partial charge in [-0.05, 0) is 51.1 Å². The molecule has 0 bridgehead atoms. The Kier molecular flexibility index (Phi) is 14.8. The van der Waals surface area contributed by atoms with Gasteiger partial charge >= 0.3 is 0 Å². The molecule has 0 aromatic heterocycles. The molecule has 0 aliphatic rings. The van der Waals surface area contributed by atoms with Gasteiger partial charge in [-0.2, -0.15) is 11.8 Å². The van der Waals surface area contributed by atoms with Crippen molar-refractivity contribution in [3.8, 4) is 11.5 Å². The van der Waals surface area contributed by atoms with Crippen LogP contribution in [0.25, 0.3) is 0 Å². The number of benzene rings is 1. The standard InChI is InChI=1S/C19H33N3O2S.HI/c1-6-20-19(22-14-15(4)25-5)21-12-11-16-9-10-17(23-7-2)18(13-16)24-8-3;/h9-10,13,15H,6-8,11-12,14H2,1-5H3,(H2,20,21,22);1H. The van der Waals surface area contributed by atoms with Gasteiger partial charge in [0.05, 0.1) is 19.8 Å². The number of thioether (sulfide) groups is 1. The van der Waals surface area contributed by atoms with Crippen LogP contribution >= 0.6 is 35.7 Å². The van der Waals surface area contributed by atoms with Gasteiger partial charge in [-0.3, -0.25) is 4.99 Å². The van der Waals surface area contributed by atoms with Crippen LogP contribution in [0.15, 0.2) is 23.2 Å². The van der Waals surface area contributed by atoms with Crippen molar-refractivity contribution >= 4 is 41.7 Å². The first-order valence-electron chi connectivity index (χ1n) is 9.07. The lowest BCUT2D eigenvalue weighted by atomic mass is 10.1. The molecule has 2 N–H and O–H groups in total. The Hall–Kier alpha value is -0.830. The Balaban J connectivity index is 0.00000625. The molecule has 1 atom stereocenters. The lowest BCUT2D eigenvalue weighted by Crippen LogP contribution is -2.38. The summed E-state index contributed by atoms with van der Waals surface area (Å²) in [4.78, 5) is 4.63. The molecule has 0 saturated carbocycles. The number of rotatable bonds is 11. The van der Waals surface area contributed by atoms with Crippen LogP contribution in [-0.2, 0) is 6.42 Å². The molecule has 26 heavy (non-hydrogen) atoms. The fourth-order valence-electron chi connectivity index (χ4n) is 2.21. The number of hydrogen-bond donors (Lipinski definition) is 2. The highest BCUT2D eigenvalue weighted by Gasteiger charge is 2.07. The van der Waals surface area contributed by atoms with Crippen LogP contribution < -0.4 is 20.1 Å². The van der Waals surface area contributed by atoms with E-state index in [2.05, 4.69) is 47.9 Å². The zero-order valence-corrected chi connectivity index (χ0v) is 19.8. The molecule has 1 aromatic carbocycles. The summed E-state index contributed by atoms with van der Waals surface area (Å²) < 4.78 is 11.3. The number of ether oxygens (including phenoxy) is 2. The lowest BCUT2D eigenvalue weighted by molar-refractivity contribution is 0.287. The second-order valence-electron chi connectivity index (χ2n) is 5.59. The monoisotopic (exact) mass is 495 g/mol. The van der Waals surface area contributed by atoms with E-state index in [-0.39, 0.29) is 24.0 Å². The Morgan fingerprint density at radius 1 is 1.12 bits per heavy atom. The minimum Gasteiger partial charge on any atom is -0.490 e. The maximum Gasteiger partial charge on any atom is 0.191 e. The molecule has 5 nitrogen and oxygen atoms in total. The summed E-state index contributed by atoms with van der Waals surface area (Å²) in [6, 6.07) is 6.15. The van der Waals surface area contributed by atoms with Gasteiger partial charge in [0.25, 0.3) is 0 Å². The summed E-state index contributed by atoms with van der Waals surface area (Å²) in [5.74, 6) is 2.50. The zero-order chi connectivity index (χ0) is 18.5. The van der Waals surface area contributed by atoms with E-state index in [4.69, 9.17) is 9.47 Å². The van der Waals surface area contributed by atoms with Crippen LogP contribution in [0.4, 0.5) is 0 Å². The van der Waals surface area contributed by atoms with E-state index in [1.165, 1.54) is 5.56 Å². The Bertz CT molecular complexity index is 530. The van der Waals surface area contributed by atoms with Crippen LogP contribution in [0.1, 0.15) is 33.3 Å². The van der Waals surface area contributed by atoms with Crippen LogP contribution in [0.5, 0.6) is 11.5 Å². The zero-order valence-electron chi connectivity index (χ0n) is 16.6. The molecule has 7 heteroatoms. The fraction of sp³-hybridized carbons (Fsp3) is 0.632. The van der Waals surface area contributed by atoms with Crippen molar-refractivity contribution in [1.82, 2.24) is 10.6 Å². The van der Waals surface area contributed by atoms with Crippen molar-refractivity contribution in [1.29, 1.82) is 0 Å². The van der Waals surface area contributed by atoms with Gasteiger partial charge in [-0.1, -0.05) is 13.0 Å². The van der Waals surface area contributed by atoms with Crippen LogP contribution in [0.2, 0.25) is 0 Å². The normalized spacial score (nSPS) is 12.1. The van der Waals surface area contributed by atoms with Crippen molar-refractivity contribution in [2.75, 3.05) is 39.1 Å². The topological polar surface area (TPSA) is 54.9 Å². The number of nitrogens with one attached hydrogen (secondary N) is 2. The smallest absolute Gasteiger partial charge is 0.191 e. The van der Waals surface area contributed by atoms with Crippen molar-refractivity contribution < 1.29 is 9.47 Å². The predicted octanol–water partition coefficient (Wildman–Crippen LogP) is 3.95. The lowest BCUT2D eigenvalue weighted by Gasteiger charge is -2.14. The van der Waals surface area contributed by atoms with E-state index in [0.717, 1.165) is 43.5 Å². The SMILES string of the molecule is CCNC(=NCC(C)SC)NCCc1ccc(OCC)c(OCC)c1.I. The summed E-state index contributed by atoms with van der Waals surface area (Å²) in [5.41, 5.74) is 1.22. The predicted molar refractivity (Wildman–Crippen MR) is 125 cm³/mol. The van der Waals surface area contributed by atoms with Gasteiger partial charge in [-0.15, -0.1) is 24.0 Å². The molecule has 150 valence electrons. The summed E-state index contributed by atoms with van der Waals surface area (Å²) in [6.07, 6.45) is 3.01. The van der Waals surface area contributed by atoms with Crippen molar-refractivity contribution in [2.24, 2.45) is 4.99 Å². The quantitative estimate of drug-likeness (QED) is 0.277. The van der Waals surface area contributed by atoms with Crippen LogP contribution in [-0.4, -0.2) is 50.3 Å². The molecule has 0 aliphatic carbocycles. The average Bonchev–Trinajstić information content (AvgIpc) is 2.61. The van der Waals surface area contributed by atoms with Crippen LogP contribution in [0.3, 0.4) is 0 Å². The van der Waals surface area contributed by atoms with E-state index in [1.54, 1.807) is 0 Å². The molecular weight excluding hydrogens is 461 g/mol. The number of guanidine groups is 1. The van der Waals surface area contributed by atoms with E-state index in [9.17, 15) is 0 Å². The molecule has 1 aromatic rings. The van der Waals surface area contributed by atoms with Gasteiger partial charge in [-0.25, -0.2) is 0 Å². The van der Waals surface area contributed by atoms with Gasteiger partial charge in [0, 0.05) is 18.3 Å². The molecule has 0 aliphatic heterocycles. The summed E-state index contributed by atoms with van der Waals surface area (Å²) in [5, 5.41) is 7.21. The third kappa shape index (κ3) is 9.75. The third-order valence-corrected chi connectivity index (χ3v) is 4.52.